The summed E-state index contributed by atoms with van der Waals surface area (Å²) in [6.07, 6.45) is 1.91. The number of para-hydroxylation sites is 1. The molecular weight excluding hydrogens is 330 g/mol. The zero-order chi connectivity index (χ0) is 19.4. The molecule has 0 spiro atoms. The zero-order valence-electron chi connectivity index (χ0n) is 16.5. The first-order valence-corrected chi connectivity index (χ1v) is 9.42. The van der Waals surface area contributed by atoms with Gasteiger partial charge in [0.15, 0.2) is 0 Å². The number of esters is 1. The standard InChI is InChI=1S/C20H33N3O3/c1-5-22(6-2)14-10-11-15-23(16-17(3)19(24)26-4)20(25)21-18-12-8-7-9-13-18/h7-9,12-13,17H,5-6,10-11,14-16H2,1-4H3,(H,21,25). The summed E-state index contributed by atoms with van der Waals surface area (Å²) >= 11 is 0. The second-order valence-corrected chi connectivity index (χ2v) is 6.40. The lowest BCUT2D eigenvalue weighted by molar-refractivity contribution is -0.145. The van der Waals surface area contributed by atoms with Gasteiger partial charge in [0.05, 0.1) is 13.0 Å². The summed E-state index contributed by atoms with van der Waals surface area (Å²) in [7, 11) is 1.37. The van der Waals surface area contributed by atoms with E-state index in [0.717, 1.165) is 38.2 Å². The number of carbonyl (C=O) groups excluding carboxylic acids is 2. The lowest BCUT2D eigenvalue weighted by Gasteiger charge is -2.26. The number of nitrogens with one attached hydrogen (secondary N) is 1. The summed E-state index contributed by atoms with van der Waals surface area (Å²) in [5.74, 6) is -0.657. The van der Waals surface area contributed by atoms with E-state index in [9.17, 15) is 9.59 Å². The molecule has 0 bridgehead atoms. The minimum atomic E-state index is -0.357. The first kappa shape index (κ1) is 22.0. The lowest BCUT2D eigenvalue weighted by Crippen LogP contribution is -2.40. The predicted octanol–water partition coefficient (Wildman–Crippen LogP) is 3.45. The Kier molecular flexibility index (Phi) is 10.4. The minimum absolute atomic E-state index is 0.185. The molecular formula is C20H33N3O3. The minimum Gasteiger partial charge on any atom is -0.469 e. The molecule has 0 fully saturated rings. The number of nitrogens with zero attached hydrogens (tertiary/aromatic N) is 2. The number of hydrogen-bond donors (Lipinski definition) is 1. The topological polar surface area (TPSA) is 61.9 Å². The van der Waals surface area contributed by atoms with Crippen LogP contribution in [0.15, 0.2) is 30.3 Å². The second-order valence-electron chi connectivity index (χ2n) is 6.40. The van der Waals surface area contributed by atoms with Crippen LogP contribution in [0.1, 0.15) is 33.6 Å². The zero-order valence-corrected chi connectivity index (χ0v) is 16.5. The lowest BCUT2D eigenvalue weighted by atomic mass is 10.1. The van der Waals surface area contributed by atoms with Crippen LogP contribution in [-0.4, -0.2) is 61.6 Å². The molecule has 1 unspecified atom stereocenters. The van der Waals surface area contributed by atoms with Crippen LogP contribution in [0.3, 0.4) is 0 Å². The maximum atomic E-state index is 12.7. The first-order chi connectivity index (χ1) is 12.5. The average Bonchev–Trinajstić information content (AvgIpc) is 2.67. The van der Waals surface area contributed by atoms with Gasteiger partial charge in [0, 0.05) is 18.8 Å². The van der Waals surface area contributed by atoms with E-state index in [-0.39, 0.29) is 17.9 Å². The average molecular weight is 364 g/mol. The Balaban J connectivity index is 2.62. The Morgan fingerprint density at radius 1 is 1.08 bits per heavy atom. The van der Waals surface area contributed by atoms with E-state index in [1.54, 1.807) is 11.8 Å². The number of hydrogen-bond acceptors (Lipinski definition) is 4. The van der Waals surface area contributed by atoms with Gasteiger partial charge in [0.2, 0.25) is 0 Å². The van der Waals surface area contributed by atoms with Crippen molar-refractivity contribution in [3.8, 4) is 0 Å². The normalized spacial score (nSPS) is 11.9. The Morgan fingerprint density at radius 2 is 1.69 bits per heavy atom. The Morgan fingerprint density at radius 3 is 2.27 bits per heavy atom. The molecule has 0 radical (unpaired) electrons. The van der Waals surface area contributed by atoms with E-state index in [1.807, 2.05) is 30.3 Å². The van der Waals surface area contributed by atoms with E-state index in [2.05, 4.69) is 24.1 Å². The molecule has 0 aromatic heterocycles. The molecule has 26 heavy (non-hydrogen) atoms. The third kappa shape index (κ3) is 7.87. The molecule has 0 heterocycles. The molecule has 1 aromatic rings. The predicted molar refractivity (Wildman–Crippen MR) is 105 cm³/mol. The van der Waals surface area contributed by atoms with Gasteiger partial charge in [-0.05, 0) is 44.6 Å². The molecule has 1 atom stereocenters. The molecule has 1 N–H and O–H groups in total. The van der Waals surface area contributed by atoms with Crippen molar-refractivity contribution in [3.05, 3.63) is 30.3 Å². The third-order valence-electron chi connectivity index (χ3n) is 4.46. The van der Waals surface area contributed by atoms with E-state index in [4.69, 9.17) is 4.74 Å². The number of unbranched alkanes of at least 4 members (excludes halogenated alkanes) is 1. The van der Waals surface area contributed by atoms with Crippen molar-refractivity contribution in [2.24, 2.45) is 5.92 Å². The number of rotatable bonds is 11. The fourth-order valence-electron chi connectivity index (χ4n) is 2.78. The van der Waals surface area contributed by atoms with E-state index in [1.165, 1.54) is 7.11 Å². The van der Waals surface area contributed by atoms with E-state index in [0.29, 0.717) is 13.1 Å². The van der Waals surface area contributed by atoms with Crippen molar-refractivity contribution in [1.82, 2.24) is 9.80 Å². The highest BCUT2D eigenvalue weighted by molar-refractivity contribution is 5.89. The van der Waals surface area contributed by atoms with Crippen molar-refractivity contribution >= 4 is 17.7 Å². The Bertz CT molecular complexity index is 532. The molecule has 2 amide bonds. The SMILES string of the molecule is CCN(CC)CCCCN(CC(C)C(=O)OC)C(=O)Nc1ccccc1. The van der Waals surface area contributed by atoms with Gasteiger partial charge in [-0.1, -0.05) is 39.0 Å². The van der Waals surface area contributed by atoms with Crippen molar-refractivity contribution in [3.63, 3.8) is 0 Å². The van der Waals surface area contributed by atoms with Crippen molar-refractivity contribution in [2.45, 2.75) is 33.6 Å². The maximum absolute atomic E-state index is 12.7. The second kappa shape index (κ2) is 12.3. The van der Waals surface area contributed by atoms with Crippen LogP contribution in [0.25, 0.3) is 0 Å². The number of benzene rings is 1. The molecule has 1 aromatic carbocycles. The number of ether oxygens (including phenoxy) is 1. The van der Waals surface area contributed by atoms with Crippen LogP contribution in [0.2, 0.25) is 0 Å². The van der Waals surface area contributed by atoms with Gasteiger partial charge in [-0.15, -0.1) is 0 Å². The summed E-state index contributed by atoms with van der Waals surface area (Å²) in [6.45, 7) is 10.1. The molecule has 0 saturated heterocycles. The van der Waals surface area contributed by atoms with Crippen molar-refractivity contribution in [1.29, 1.82) is 0 Å². The van der Waals surface area contributed by atoms with Gasteiger partial charge in [-0.25, -0.2) is 4.79 Å². The quantitative estimate of drug-likeness (QED) is 0.483. The Hall–Kier alpha value is -2.08. The highest BCUT2D eigenvalue weighted by Gasteiger charge is 2.21. The largest absolute Gasteiger partial charge is 0.469 e. The summed E-state index contributed by atoms with van der Waals surface area (Å²) in [5, 5.41) is 2.90. The highest BCUT2D eigenvalue weighted by atomic mass is 16.5. The van der Waals surface area contributed by atoms with Gasteiger partial charge in [0.25, 0.3) is 0 Å². The summed E-state index contributed by atoms with van der Waals surface area (Å²) in [5.41, 5.74) is 0.747. The molecule has 0 saturated carbocycles. The number of amides is 2. The van der Waals surface area contributed by atoms with Crippen LogP contribution >= 0.6 is 0 Å². The van der Waals surface area contributed by atoms with Gasteiger partial charge >= 0.3 is 12.0 Å². The van der Waals surface area contributed by atoms with Crippen molar-refractivity contribution < 1.29 is 14.3 Å². The third-order valence-corrected chi connectivity index (χ3v) is 4.46. The number of urea groups is 1. The number of anilines is 1. The highest BCUT2D eigenvalue weighted by Crippen LogP contribution is 2.10. The van der Waals surface area contributed by atoms with Crippen LogP contribution in [0, 0.1) is 5.92 Å². The monoisotopic (exact) mass is 363 g/mol. The van der Waals surface area contributed by atoms with Crippen LogP contribution in [0.4, 0.5) is 10.5 Å². The van der Waals surface area contributed by atoms with Gasteiger partial charge < -0.3 is 19.9 Å². The fraction of sp³-hybridized carbons (Fsp3) is 0.600. The van der Waals surface area contributed by atoms with Crippen LogP contribution < -0.4 is 5.32 Å². The number of methoxy groups -OCH3 is 1. The summed E-state index contributed by atoms with van der Waals surface area (Å²) in [6, 6.07) is 9.16. The summed E-state index contributed by atoms with van der Waals surface area (Å²) < 4.78 is 4.79. The first-order valence-electron chi connectivity index (χ1n) is 9.42. The molecule has 0 aliphatic carbocycles. The van der Waals surface area contributed by atoms with E-state index >= 15 is 0 Å². The van der Waals surface area contributed by atoms with Gasteiger partial charge in [-0.3, -0.25) is 4.79 Å². The molecule has 0 aliphatic heterocycles. The van der Waals surface area contributed by atoms with E-state index < -0.39 is 0 Å². The molecule has 6 nitrogen and oxygen atoms in total. The van der Waals surface area contributed by atoms with Crippen LogP contribution in [-0.2, 0) is 9.53 Å². The van der Waals surface area contributed by atoms with Crippen molar-refractivity contribution in [2.75, 3.05) is 45.2 Å². The summed E-state index contributed by atoms with van der Waals surface area (Å²) in [4.78, 5) is 28.5. The molecule has 1 rings (SSSR count). The Labute approximate surface area is 157 Å². The molecule has 6 heteroatoms. The number of carbonyl (C=O) groups is 2. The molecule has 0 aliphatic rings. The smallest absolute Gasteiger partial charge is 0.321 e. The fourth-order valence-corrected chi connectivity index (χ4v) is 2.78. The van der Waals surface area contributed by atoms with Gasteiger partial charge in [0.1, 0.15) is 0 Å². The van der Waals surface area contributed by atoms with Crippen LogP contribution in [0.5, 0.6) is 0 Å². The van der Waals surface area contributed by atoms with Gasteiger partial charge in [-0.2, -0.15) is 0 Å². The molecule has 146 valence electrons. The maximum Gasteiger partial charge on any atom is 0.321 e.